The second-order valence-corrected chi connectivity index (χ2v) is 5.21. The molecule has 0 saturated carbocycles. The zero-order chi connectivity index (χ0) is 16.2. The minimum Gasteiger partial charge on any atom is -0.343 e. The standard InChI is InChI=1S/C14H9Cl2N5O2/c15-10-5-9(6-11(16)19-10)14(22)18-7-12-20-13(21-23-12)8-1-3-17-4-2-8/h1-6H,7H2,(H,18,22). The van der Waals surface area contributed by atoms with E-state index in [9.17, 15) is 4.79 Å². The summed E-state index contributed by atoms with van der Waals surface area (Å²) >= 11 is 11.5. The molecule has 7 nitrogen and oxygen atoms in total. The fraction of sp³-hybridized carbons (Fsp3) is 0.0714. The van der Waals surface area contributed by atoms with Gasteiger partial charge in [0.1, 0.15) is 10.3 Å². The zero-order valence-electron chi connectivity index (χ0n) is 11.5. The minimum atomic E-state index is -0.375. The van der Waals surface area contributed by atoms with Crippen molar-refractivity contribution in [2.45, 2.75) is 6.54 Å². The summed E-state index contributed by atoms with van der Waals surface area (Å²) in [6.45, 7) is 0.0779. The number of amides is 1. The number of carbonyl (C=O) groups excluding carboxylic acids is 1. The predicted octanol–water partition coefficient (Wildman–Crippen LogP) is 2.76. The van der Waals surface area contributed by atoms with Crippen molar-refractivity contribution in [3.8, 4) is 11.4 Å². The Morgan fingerprint density at radius 1 is 1.13 bits per heavy atom. The second kappa shape index (κ2) is 6.72. The number of pyridine rings is 2. The molecule has 0 saturated heterocycles. The van der Waals surface area contributed by atoms with E-state index in [0.29, 0.717) is 11.4 Å². The largest absolute Gasteiger partial charge is 0.343 e. The lowest BCUT2D eigenvalue weighted by Crippen LogP contribution is -2.23. The normalized spacial score (nSPS) is 10.5. The molecular weight excluding hydrogens is 341 g/mol. The molecule has 0 unspecified atom stereocenters. The van der Waals surface area contributed by atoms with Gasteiger partial charge in [0, 0.05) is 23.5 Å². The first-order valence-electron chi connectivity index (χ1n) is 6.46. The Morgan fingerprint density at radius 2 is 1.83 bits per heavy atom. The average Bonchev–Trinajstić information content (AvgIpc) is 3.01. The number of aromatic nitrogens is 4. The van der Waals surface area contributed by atoms with Crippen LogP contribution in [0.1, 0.15) is 16.2 Å². The lowest BCUT2D eigenvalue weighted by Gasteiger charge is -2.03. The van der Waals surface area contributed by atoms with Gasteiger partial charge in [-0.3, -0.25) is 9.78 Å². The molecule has 3 aromatic rings. The van der Waals surface area contributed by atoms with Crippen molar-refractivity contribution in [1.82, 2.24) is 25.4 Å². The number of rotatable bonds is 4. The first-order chi connectivity index (χ1) is 11.1. The van der Waals surface area contributed by atoms with Crippen molar-refractivity contribution < 1.29 is 9.32 Å². The van der Waals surface area contributed by atoms with Gasteiger partial charge in [-0.2, -0.15) is 4.98 Å². The Labute approximate surface area is 140 Å². The zero-order valence-corrected chi connectivity index (χ0v) is 13.0. The van der Waals surface area contributed by atoms with Crippen LogP contribution in [0.4, 0.5) is 0 Å². The van der Waals surface area contributed by atoms with Crippen LogP contribution in [0.15, 0.2) is 41.2 Å². The van der Waals surface area contributed by atoms with Gasteiger partial charge < -0.3 is 9.84 Å². The monoisotopic (exact) mass is 349 g/mol. The molecule has 0 aliphatic carbocycles. The molecular formula is C14H9Cl2N5O2. The molecule has 0 atom stereocenters. The van der Waals surface area contributed by atoms with Crippen LogP contribution >= 0.6 is 23.2 Å². The summed E-state index contributed by atoms with van der Waals surface area (Å²) < 4.78 is 5.09. The maximum atomic E-state index is 12.0. The third-order valence-electron chi connectivity index (χ3n) is 2.83. The van der Waals surface area contributed by atoms with Crippen LogP contribution in [0.3, 0.4) is 0 Å². The minimum absolute atomic E-state index is 0.0779. The van der Waals surface area contributed by atoms with Crippen LogP contribution < -0.4 is 5.32 Å². The lowest BCUT2D eigenvalue weighted by atomic mass is 10.2. The highest BCUT2D eigenvalue weighted by atomic mass is 35.5. The van der Waals surface area contributed by atoms with Crippen LogP contribution in [0.2, 0.25) is 10.3 Å². The molecule has 3 heterocycles. The summed E-state index contributed by atoms with van der Waals surface area (Å²) in [5.41, 5.74) is 1.07. The van der Waals surface area contributed by atoms with Crippen molar-refractivity contribution >= 4 is 29.1 Å². The molecule has 23 heavy (non-hydrogen) atoms. The molecule has 0 aliphatic rings. The van der Waals surface area contributed by atoms with Gasteiger partial charge in [-0.1, -0.05) is 28.4 Å². The van der Waals surface area contributed by atoms with Gasteiger partial charge in [0.05, 0.1) is 6.54 Å². The Bertz CT molecular complexity index is 818. The van der Waals surface area contributed by atoms with Gasteiger partial charge in [-0.25, -0.2) is 4.98 Å². The third-order valence-corrected chi connectivity index (χ3v) is 3.22. The van der Waals surface area contributed by atoms with E-state index in [1.54, 1.807) is 24.5 Å². The molecule has 0 bridgehead atoms. The van der Waals surface area contributed by atoms with Crippen molar-refractivity contribution in [3.05, 3.63) is 58.4 Å². The van der Waals surface area contributed by atoms with Gasteiger partial charge in [-0.15, -0.1) is 0 Å². The SMILES string of the molecule is O=C(NCc1nc(-c2ccncc2)no1)c1cc(Cl)nc(Cl)c1. The van der Waals surface area contributed by atoms with E-state index in [-0.39, 0.29) is 28.6 Å². The molecule has 0 spiro atoms. The third kappa shape index (κ3) is 3.82. The van der Waals surface area contributed by atoms with Gasteiger partial charge in [0.15, 0.2) is 0 Å². The van der Waals surface area contributed by atoms with Crippen LogP contribution in [0.25, 0.3) is 11.4 Å². The number of carbonyl (C=O) groups is 1. The lowest BCUT2D eigenvalue weighted by molar-refractivity contribution is 0.0946. The van der Waals surface area contributed by atoms with Gasteiger partial charge in [-0.05, 0) is 24.3 Å². The Balaban J connectivity index is 1.67. The molecule has 3 aromatic heterocycles. The Hall–Kier alpha value is -2.51. The summed E-state index contributed by atoms with van der Waals surface area (Å²) in [5.74, 6) is 0.322. The molecule has 0 aromatic carbocycles. The van der Waals surface area contributed by atoms with Crippen molar-refractivity contribution in [1.29, 1.82) is 0 Å². The number of nitrogens with zero attached hydrogens (tertiary/aromatic N) is 4. The Kier molecular flexibility index (Phi) is 4.50. The number of nitrogens with one attached hydrogen (secondary N) is 1. The van der Waals surface area contributed by atoms with E-state index in [1.807, 2.05) is 0 Å². The highest BCUT2D eigenvalue weighted by molar-refractivity contribution is 6.33. The molecule has 1 amide bonds. The highest BCUT2D eigenvalue weighted by Crippen LogP contribution is 2.16. The highest BCUT2D eigenvalue weighted by Gasteiger charge is 2.12. The molecule has 9 heteroatoms. The maximum absolute atomic E-state index is 12.0. The van der Waals surface area contributed by atoms with Gasteiger partial charge >= 0.3 is 0 Å². The predicted molar refractivity (Wildman–Crippen MR) is 83.0 cm³/mol. The molecule has 0 radical (unpaired) electrons. The Morgan fingerprint density at radius 3 is 2.52 bits per heavy atom. The summed E-state index contributed by atoms with van der Waals surface area (Å²) in [6.07, 6.45) is 3.26. The number of halogens is 2. The first kappa shape index (κ1) is 15.4. The van der Waals surface area contributed by atoms with Crippen molar-refractivity contribution in [2.24, 2.45) is 0 Å². The summed E-state index contributed by atoms with van der Waals surface area (Å²) in [5, 5.41) is 6.77. The quantitative estimate of drug-likeness (QED) is 0.727. The van der Waals surface area contributed by atoms with Gasteiger partial charge in [0.2, 0.25) is 11.7 Å². The smallest absolute Gasteiger partial charge is 0.251 e. The van der Waals surface area contributed by atoms with Crippen LogP contribution in [-0.2, 0) is 6.54 Å². The molecule has 0 aliphatic heterocycles. The fourth-order valence-electron chi connectivity index (χ4n) is 1.80. The first-order valence-corrected chi connectivity index (χ1v) is 7.21. The molecule has 1 N–H and O–H groups in total. The van der Waals surface area contributed by atoms with Crippen molar-refractivity contribution in [2.75, 3.05) is 0 Å². The van der Waals surface area contributed by atoms with Crippen LogP contribution in [0, 0.1) is 0 Å². The number of hydrogen-bond donors (Lipinski definition) is 1. The maximum Gasteiger partial charge on any atom is 0.251 e. The van der Waals surface area contributed by atoms with E-state index in [4.69, 9.17) is 27.7 Å². The van der Waals surface area contributed by atoms with E-state index in [0.717, 1.165) is 5.56 Å². The summed E-state index contributed by atoms with van der Waals surface area (Å²) in [6, 6.07) is 6.35. The summed E-state index contributed by atoms with van der Waals surface area (Å²) in [7, 11) is 0. The number of hydrogen-bond acceptors (Lipinski definition) is 6. The van der Waals surface area contributed by atoms with E-state index < -0.39 is 0 Å². The van der Waals surface area contributed by atoms with E-state index >= 15 is 0 Å². The van der Waals surface area contributed by atoms with Crippen LogP contribution in [0.5, 0.6) is 0 Å². The fourth-order valence-corrected chi connectivity index (χ4v) is 2.26. The average molecular weight is 350 g/mol. The molecule has 0 fully saturated rings. The van der Waals surface area contributed by atoms with Crippen LogP contribution in [-0.4, -0.2) is 26.0 Å². The molecule has 116 valence electrons. The van der Waals surface area contributed by atoms with Crippen molar-refractivity contribution in [3.63, 3.8) is 0 Å². The van der Waals surface area contributed by atoms with Gasteiger partial charge in [0.25, 0.3) is 5.91 Å². The van der Waals surface area contributed by atoms with E-state index in [2.05, 4.69) is 25.4 Å². The second-order valence-electron chi connectivity index (χ2n) is 4.43. The topological polar surface area (TPSA) is 93.8 Å². The van der Waals surface area contributed by atoms with E-state index in [1.165, 1.54) is 12.1 Å². The molecule has 3 rings (SSSR count). The summed E-state index contributed by atoms with van der Waals surface area (Å²) in [4.78, 5) is 23.9.